The Morgan fingerprint density at radius 3 is 2.79 bits per heavy atom. The van der Waals surface area contributed by atoms with Crippen molar-refractivity contribution in [1.82, 2.24) is 10.2 Å². The summed E-state index contributed by atoms with van der Waals surface area (Å²) in [6.07, 6.45) is -1.36. The zero-order valence-electron chi connectivity index (χ0n) is 13.8. The normalized spacial score (nSPS) is 23.3. The van der Waals surface area contributed by atoms with E-state index in [4.69, 9.17) is 14.2 Å². The van der Waals surface area contributed by atoms with E-state index in [2.05, 4.69) is 5.32 Å². The Hall–Kier alpha value is -1.83. The van der Waals surface area contributed by atoms with Crippen LogP contribution in [0.5, 0.6) is 11.5 Å². The molecule has 2 aliphatic heterocycles. The molecule has 3 atom stereocenters. The maximum atomic E-state index is 12.2. The summed E-state index contributed by atoms with van der Waals surface area (Å²) in [5, 5.41) is 12.9. The number of aliphatic hydroxyl groups excluding tert-OH is 1. The Bertz CT molecular complexity index is 562. The summed E-state index contributed by atoms with van der Waals surface area (Å²) in [7, 11) is 0. The minimum Gasteiger partial charge on any atom is -0.486 e. The summed E-state index contributed by atoms with van der Waals surface area (Å²) in [5.74, 6) is 0.986. The van der Waals surface area contributed by atoms with E-state index in [1.165, 1.54) is 0 Å². The fourth-order valence-corrected chi connectivity index (χ4v) is 2.81. The third-order valence-electron chi connectivity index (χ3n) is 4.30. The number of carbonyl (C=O) groups excluding carboxylic acids is 1. The number of fused-ring (bicyclic) bond motifs is 1. The van der Waals surface area contributed by atoms with Gasteiger partial charge in [-0.05, 0) is 19.1 Å². The van der Waals surface area contributed by atoms with Gasteiger partial charge >= 0.3 is 0 Å². The first kappa shape index (κ1) is 17.0. The number of para-hydroxylation sites is 2. The molecule has 1 aromatic rings. The molecular formula is C17H24N2O5. The second-order valence-corrected chi connectivity index (χ2v) is 6.14. The number of nitrogens with zero attached hydrogens (tertiary/aromatic N) is 1. The van der Waals surface area contributed by atoms with Crippen molar-refractivity contribution in [3.63, 3.8) is 0 Å². The first-order chi connectivity index (χ1) is 11.6. The zero-order valence-corrected chi connectivity index (χ0v) is 13.8. The first-order valence-corrected chi connectivity index (χ1v) is 8.30. The van der Waals surface area contributed by atoms with Gasteiger partial charge in [0.15, 0.2) is 17.6 Å². The van der Waals surface area contributed by atoms with Crippen LogP contribution < -0.4 is 14.8 Å². The van der Waals surface area contributed by atoms with Crippen molar-refractivity contribution in [3.05, 3.63) is 24.3 Å². The van der Waals surface area contributed by atoms with Gasteiger partial charge < -0.3 is 24.6 Å². The SMILES string of the molecule is C[C@H](NC(=O)[C@@H](O)CN1CCOCC1)[C@@H]1COc2ccccc2O1. The molecule has 2 aliphatic rings. The topological polar surface area (TPSA) is 80.3 Å². The number of aliphatic hydroxyl groups is 1. The number of ether oxygens (including phenoxy) is 3. The van der Waals surface area contributed by atoms with E-state index in [1.54, 1.807) is 0 Å². The van der Waals surface area contributed by atoms with E-state index >= 15 is 0 Å². The Balaban J connectivity index is 1.49. The van der Waals surface area contributed by atoms with Crippen LogP contribution >= 0.6 is 0 Å². The molecule has 1 saturated heterocycles. The standard InChI is InChI=1S/C17H24N2O5/c1-12(16-11-23-14-4-2-3-5-15(14)24-16)18-17(21)13(20)10-19-6-8-22-9-7-19/h2-5,12-13,16,20H,6-11H2,1H3,(H,18,21)/t12-,13-,16-/m0/s1. The molecule has 1 amide bonds. The fourth-order valence-electron chi connectivity index (χ4n) is 2.81. The van der Waals surface area contributed by atoms with Crippen LogP contribution in [0.3, 0.4) is 0 Å². The number of β-amino-alcohol motifs (C(OH)–C–C–N with tert-alkyl or cyclic N) is 1. The fraction of sp³-hybridized carbons (Fsp3) is 0.588. The van der Waals surface area contributed by atoms with Crippen LogP contribution in [0, 0.1) is 0 Å². The Morgan fingerprint density at radius 1 is 1.33 bits per heavy atom. The van der Waals surface area contributed by atoms with Crippen molar-refractivity contribution >= 4 is 5.91 Å². The molecule has 0 saturated carbocycles. The molecule has 24 heavy (non-hydrogen) atoms. The highest BCUT2D eigenvalue weighted by molar-refractivity contribution is 5.81. The van der Waals surface area contributed by atoms with E-state index in [0.717, 1.165) is 13.1 Å². The van der Waals surface area contributed by atoms with Crippen molar-refractivity contribution in [2.24, 2.45) is 0 Å². The minimum absolute atomic E-state index is 0.273. The van der Waals surface area contributed by atoms with E-state index in [9.17, 15) is 9.90 Å². The van der Waals surface area contributed by atoms with Crippen LogP contribution in [-0.4, -0.2) is 73.6 Å². The molecule has 0 bridgehead atoms. The lowest BCUT2D eigenvalue weighted by molar-refractivity contribution is -0.132. The molecule has 2 N–H and O–H groups in total. The molecule has 3 rings (SSSR count). The number of hydrogen-bond donors (Lipinski definition) is 2. The minimum atomic E-state index is -1.07. The van der Waals surface area contributed by atoms with Crippen molar-refractivity contribution in [2.45, 2.75) is 25.2 Å². The van der Waals surface area contributed by atoms with E-state index in [1.807, 2.05) is 36.1 Å². The largest absolute Gasteiger partial charge is 0.486 e. The van der Waals surface area contributed by atoms with Gasteiger partial charge in [-0.2, -0.15) is 0 Å². The quantitative estimate of drug-likeness (QED) is 0.789. The van der Waals surface area contributed by atoms with E-state index in [0.29, 0.717) is 37.9 Å². The highest BCUT2D eigenvalue weighted by Crippen LogP contribution is 2.31. The Labute approximate surface area is 141 Å². The van der Waals surface area contributed by atoms with E-state index < -0.39 is 12.0 Å². The number of benzene rings is 1. The summed E-state index contributed by atoms with van der Waals surface area (Å²) >= 11 is 0. The number of amides is 1. The van der Waals surface area contributed by atoms with Gasteiger partial charge in [-0.15, -0.1) is 0 Å². The molecule has 0 radical (unpaired) electrons. The lowest BCUT2D eigenvalue weighted by Gasteiger charge is -2.32. The average Bonchev–Trinajstić information content (AvgIpc) is 2.62. The first-order valence-electron chi connectivity index (χ1n) is 8.30. The summed E-state index contributed by atoms with van der Waals surface area (Å²) < 4.78 is 16.8. The molecule has 0 aromatic heterocycles. The van der Waals surface area contributed by atoms with Gasteiger partial charge in [0.1, 0.15) is 12.7 Å². The summed E-state index contributed by atoms with van der Waals surface area (Å²) in [6, 6.07) is 7.17. The average molecular weight is 336 g/mol. The summed E-state index contributed by atoms with van der Waals surface area (Å²) in [5.41, 5.74) is 0. The molecule has 2 heterocycles. The van der Waals surface area contributed by atoms with Crippen LogP contribution in [0.2, 0.25) is 0 Å². The molecule has 0 aliphatic carbocycles. The molecular weight excluding hydrogens is 312 g/mol. The third-order valence-corrected chi connectivity index (χ3v) is 4.30. The van der Waals surface area contributed by atoms with Crippen LogP contribution in [0.4, 0.5) is 0 Å². The number of hydrogen-bond acceptors (Lipinski definition) is 6. The van der Waals surface area contributed by atoms with Gasteiger partial charge in [-0.1, -0.05) is 12.1 Å². The van der Waals surface area contributed by atoms with Gasteiger partial charge in [0.05, 0.1) is 19.3 Å². The Morgan fingerprint density at radius 2 is 2.04 bits per heavy atom. The smallest absolute Gasteiger partial charge is 0.250 e. The lowest BCUT2D eigenvalue weighted by Crippen LogP contribution is -2.53. The molecule has 1 fully saturated rings. The predicted octanol–water partition coefficient (Wildman–Crippen LogP) is 0.0242. The highest BCUT2D eigenvalue weighted by atomic mass is 16.6. The second kappa shape index (κ2) is 7.83. The van der Waals surface area contributed by atoms with Crippen molar-refractivity contribution < 1.29 is 24.1 Å². The lowest BCUT2D eigenvalue weighted by atomic mass is 10.1. The molecule has 132 valence electrons. The summed E-state index contributed by atoms with van der Waals surface area (Å²) in [4.78, 5) is 14.2. The number of nitrogens with one attached hydrogen (secondary N) is 1. The number of rotatable bonds is 5. The molecule has 7 nitrogen and oxygen atoms in total. The van der Waals surface area contributed by atoms with E-state index in [-0.39, 0.29) is 12.1 Å². The van der Waals surface area contributed by atoms with Gasteiger partial charge in [0, 0.05) is 19.6 Å². The maximum Gasteiger partial charge on any atom is 0.250 e. The van der Waals surface area contributed by atoms with Crippen molar-refractivity contribution in [1.29, 1.82) is 0 Å². The third kappa shape index (κ3) is 4.17. The summed E-state index contributed by atoms with van der Waals surface area (Å²) in [6.45, 7) is 5.26. The van der Waals surface area contributed by atoms with Crippen LogP contribution in [0.15, 0.2) is 24.3 Å². The van der Waals surface area contributed by atoms with Gasteiger partial charge in [-0.25, -0.2) is 0 Å². The molecule has 1 aromatic carbocycles. The van der Waals surface area contributed by atoms with Gasteiger partial charge in [0.2, 0.25) is 0 Å². The van der Waals surface area contributed by atoms with Crippen molar-refractivity contribution in [3.8, 4) is 11.5 Å². The molecule has 0 spiro atoms. The number of morpholine rings is 1. The molecule has 7 heteroatoms. The van der Waals surface area contributed by atoms with Crippen LogP contribution in [0.1, 0.15) is 6.92 Å². The van der Waals surface area contributed by atoms with Crippen molar-refractivity contribution in [2.75, 3.05) is 39.5 Å². The number of carbonyl (C=O) groups is 1. The highest BCUT2D eigenvalue weighted by Gasteiger charge is 2.29. The van der Waals surface area contributed by atoms with Gasteiger partial charge in [-0.3, -0.25) is 9.69 Å². The predicted molar refractivity (Wildman–Crippen MR) is 87.2 cm³/mol. The zero-order chi connectivity index (χ0) is 16.9. The van der Waals surface area contributed by atoms with Gasteiger partial charge in [0.25, 0.3) is 5.91 Å². The monoisotopic (exact) mass is 336 g/mol. The van der Waals surface area contributed by atoms with Crippen LogP contribution in [-0.2, 0) is 9.53 Å². The maximum absolute atomic E-state index is 12.2. The van der Waals surface area contributed by atoms with Crippen LogP contribution in [0.25, 0.3) is 0 Å². The second-order valence-electron chi connectivity index (χ2n) is 6.14. The Kier molecular flexibility index (Phi) is 5.55. The molecule has 0 unspecified atom stereocenters.